The number of aromatic nitrogens is 2. The van der Waals surface area contributed by atoms with Gasteiger partial charge in [0.05, 0.1) is 24.0 Å². The minimum atomic E-state index is -0.332. The number of hydrogen-bond acceptors (Lipinski definition) is 5. The van der Waals surface area contributed by atoms with E-state index in [1.54, 1.807) is 17.2 Å². The Hall–Kier alpha value is -2.74. The Morgan fingerprint density at radius 1 is 1.26 bits per heavy atom. The average Bonchev–Trinajstić information content (AvgIpc) is 3.03. The Bertz CT molecular complexity index is 892. The molecule has 8 nitrogen and oxygen atoms in total. The third-order valence-corrected chi connectivity index (χ3v) is 4.79. The number of likely N-dealkylation sites (tertiary alicyclic amines) is 1. The van der Waals surface area contributed by atoms with Crippen molar-refractivity contribution in [2.24, 2.45) is 5.92 Å². The van der Waals surface area contributed by atoms with Crippen LogP contribution in [0.3, 0.4) is 0 Å². The van der Waals surface area contributed by atoms with Crippen molar-refractivity contribution in [3.05, 3.63) is 40.8 Å². The number of nitrogens with one attached hydrogen (secondary N) is 1. The summed E-state index contributed by atoms with van der Waals surface area (Å²) in [5, 5.41) is 8.38. The van der Waals surface area contributed by atoms with E-state index in [4.69, 9.17) is 0 Å². The van der Waals surface area contributed by atoms with Crippen molar-refractivity contribution in [3.63, 3.8) is 0 Å². The number of carbonyl (C=O) groups is 2. The number of rotatable bonds is 7. The Morgan fingerprint density at radius 2 is 2.04 bits per heavy atom. The minimum absolute atomic E-state index is 0.0180. The molecule has 0 saturated carbocycles. The molecule has 0 radical (unpaired) electrons. The van der Waals surface area contributed by atoms with Gasteiger partial charge in [-0.1, -0.05) is 18.2 Å². The van der Waals surface area contributed by atoms with Gasteiger partial charge in [-0.2, -0.15) is 5.10 Å². The first-order valence-corrected chi connectivity index (χ1v) is 9.11. The molecule has 1 unspecified atom stereocenters. The molecule has 1 aliphatic heterocycles. The molecule has 1 N–H and O–H groups in total. The van der Waals surface area contributed by atoms with Gasteiger partial charge in [0.2, 0.25) is 11.8 Å². The second-order valence-electron chi connectivity index (χ2n) is 7.10. The van der Waals surface area contributed by atoms with Crippen LogP contribution in [0.1, 0.15) is 6.42 Å². The van der Waals surface area contributed by atoms with Gasteiger partial charge in [0, 0.05) is 38.0 Å². The lowest BCUT2D eigenvalue weighted by Crippen LogP contribution is -2.37. The van der Waals surface area contributed by atoms with Crippen molar-refractivity contribution in [2.45, 2.75) is 13.0 Å². The maximum absolute atomic E-state index is 12.4. The van der Waals surface area contributed by atoms with E-state index in [1.165, 1.54) is 4.68 Å². The molecule has 2 amide bonds. The standard InChI is InChI=1S/C19H25N5O3/c1-22(2)9-10-23-13-15(11-17(23)25)18(26)20-7-8-24-19(27)16-6-4-3-5-14(16)12-21-24/h3-6,12,15H,7-11,13H2,1-2H3,(H,20,26). The van der Waals surface area contributed by atoms with Gasteiger partial charge >= 0.3 is 0 Å². The summed E-state index contributed by atoms with van der Waals surface area (Å²) in [4.78, 5) is 40.5. The third-order valence-electron chi connectivity index (χ3n) is 4.79. The summed E-state index contributed by atoms with van der Waals surface area (Å²) in [6.45, 7) is 2.45. The van der Waals surface area contributed by atoms with Crippen LogP contribution in [-0.4, -0.2) is 71.7 Å². The van der Waals surface area contributed by atoms with Crippen molar-refractivity contribution in [3.8, 4) is 0 Å². The van der Waals surface area contributed by atoms with Gasteiger partial charge in [-0.15, -0.1) is 0 Å². The zero-order chi connectivity index (χ0) is 19.4. The molecular formula is C19H25N5O3. The SMILES string of the molecule is CN(C)CCN1CC(C(=O)NCCn2ncc3ccccc3c2=O)CC1=O. The first-order valence-electron chi connectivity index (χ1n) is 9.11. The van der Waals surface area contributed by atoms with Crippen molar-refractivity contribution in [2.75, 3.05) is 40.3 Å². The highest BCUT2D eigenvalue weighted by molar-refractivity contribution is 5.89. The van der Waals surface area contributed by atoms with Crippen LogP contribution in [0.2, 0.25) is 0 Å². The maximum atomic E-state index is 12.4. The quantitative estimate of drug-likeness (QED) is 0.736. The van der Waals surface area contributed by atoms with Crippen molar-refractivity contribution in [1.82, 2.24) is 24.9 Å². The predicted molar refractivity (Wildman–Crippen MR) is 102 cm³/mol. The van der Waals surface area contributed by atoms with Crippen LogP contribution in [-0.2, 0) is 16.1 Å². The molecule has 2 aromatic rings. The van der Waals surface area contributed by atoms with Crippen molar-refractivity contribution >= 4 is 22.6 Å². The summed E-state index contributed by atoms with van der Waals surface area (Å²) in [6.07, 6.45) is 1.89. The van der Waals surface area contributed by atoms with Gasteiger partial charge in [0.25, 0.3) is 5.56 Å². The molecule has 1 fully saturated rings. The van der Waals surface area contributed by atoms with Crippen LogP contribution in [0.5, 0.6) is 0 Å². The van der Waals surface area contributed by atoms with E-state index in [1.807, 2.05) is 37.2 Å². The normalized spacial score (nSPS) is 17.1. The molecule has 1 aromatic heterocycles. The Kier molecular flexibility index (Phi) is 5.85. The number of hydrogen-bond donors (Lipinski definition) is 1. The third kappa shape index (κ3) is 4.51. The summed E-state index contributed by atoms with van der Waals surface area (Å²) in [5.41, 5.74) is -0.173. The van der Waals surface area contributed by atoms with Crippen LogP contribution in [0.25, 0.3) is 10.8 Å². The number of amides is 2. The van der Waals surface area contributed by atoms with Gasteiger partial charge in [0.15, 0.2) is 0 Å². The molecule has 0 spiro atoms. The predicted octanol–water partition coefficient (Wildman–Crippen LogP) is -0.0772. The molecular weight excluding hydrogens is 346 g/mol. The van der Waals surface area contributed by atoms with Gasteiger partial charge in [0.1, 0.15) is 0 Å². The molecule has 0 aliphatic carbocycles. The van der Waals surface area contributed by atoms with E-state index in [0.717, 1.165) is 11.9 Å². The van der Waals surface area contributed by atoms with Crippen molar-refractivity contribution in [1.29, 1.82) is 0 Å². The molecule has 3 rings (SSSR count). The van der Waals surface area contributed by atoms with Gasteiger partial charge in [-0.3, -0.25) is 14.4 Å². The molecule has 27 heavy (non-hydrogen) atoms. The summed E-state index contributed by atoms with van der Waals surface area (Å²) < 4.78 is 1.35. The number of carbonyl (C=O) groups excluding carboxylic acids is 2. The number of nitrogens with zero attached hydrogens (tertiary/aromatic N) is 4. The average molecular weight is 371 g/mol. The zero-order valence-electron chi connectivity index (χ0n) is 15.7. The Morgan fingerprint density at radius 3 is 2.81 bits per heavy atom. The second-order valence-corrected chi connectivity index (χ2v) is 7.10. The van der Waals surface area contributed by atoms with Gasteiger partial charge in [-0.05, 0) is 20.2 Å². The van der Waals surface area contributed by atoms with Crippen LogP contribution in [0.15, 0.2) is 35.3 Å². The highest BCUT2D eigenvalue weighted by Gasteiger charge is 2.33. The van der Waals surface area contributed by atoms with Crippen molar-refractivity contribution < 1.29 is 9.59 Å². The fourth-order valence-electron chi connectivity index (χ4n) is 3.20. The van der Waals surface area contributed by atoms with E-state index in [-0.39, 0.29) is 29.7 Å². The van der Waals surface area contributed by atoms with E-state index in [9.17, 15) is 14.4 Å². The fraction of sp³-hybridized carbons (Fsp3) is 0.474. The monoisotopic (exact) mass is 371 g/mol. The number of fused-ring (bicyclic) bond motifs is 1. The maximum Gasteiger partial charge on any atom is 0.274 e. The number of likely N-dealkylation sites (N-methyl/N-ethyl adjacent to an activating group) is 1. The second kappa shape index (κ2) is 8.30. The molecule has 1 aliphatic rings. The van der Waals surface area contributed by atoms with Gasteiger partial charge in [-0.25, -0.2) is 4.68 Å². The van der Waals surface area contributed by atoms with E-state index < -0.39 is 0 Å². The molecule has 144 valence electrons. The minimum Gasteiger partial charge on any atom is -0.354 e. The topological polar surface area (TPSA) is 87.5 Å². The molecule has 1 saturated heterocycles. The van der Waals surface area contributed by atoms with E-state index >= 15 is 0 Å². The number of benzene rings is 1. The summed E-state index contributed by atoms with van der Waals surface area (Å²) >= 11 is 0. The summed E-state index contributed by atoms with van der Waals surface area (Å²) in [5.74, 6) is -0.463. The van der Waals surface area contributed by atoms with E-state index in [0.29, 0.717) is 31.6 Å². The van der Waals surface area contributed by atoms with Crippen LogP contribution < -0.4 is 10.9 Å². The highest BCUT2D eigenvalue weighted by atomic mass is 16.2. The molecule has 1 atom stereocenters. The lowest BCUT2D eigenvalue weighted by molar-refractivity contribution is -0.129. The smallest absolute Gasteiger partial charge is 0.274 e. The van der Waals surface area contributed by atoms with Crippen LogP contribution in [0, 0.1) is 5.92 Å². The molecule has 2 heterocycles. The van der Waals surface area contributed by atoms with Gasteiger partial charge < -0.3 is 15.1 Å². The van der Waals surface area contributed by atoms with E-state index in [2.05, 4.69) is 10.4 Å². The molecule has 1 aromatic carbocycles. The zero-order valence-corrected chi connectivity index (χ0v) is 15.7. The van der Waals surface area contributed by atoms with Crippen LogP contribution >= 0.6 is 0 Å². The Balaban J connectivity index is 1.52. The highest BCUT2D eigenvalue weighted by Crippen LogP contribution is 2.17. The first-order chi connectivity index (χ1) is 13.0. The summed E-state index contributed by atoms with van der Waals surface area (Å²) in [7, 11) is 3.90. The largest absolute Gasteiger partial charge is 0.354 e. The summed E-state index contributed by atoms with van der Waals surface area (Å²) in [6, 6.07) is 7.28. The Labute approximate surface area is 157 Å². The first kappa shape index (κ1) is 19.0. The fourth-order valence-corrected chi connectivity index (χ4v) is 3.20. The molecule has 8 heteroatoms. The van der Waals surface area contributed by atoms with Crippen LogP contribution in [0.4, 0.5) is 0 Å². The lowest BCUT2D eigenvalue weighted by atomic mass is 10.1. The molecule has 0 bridgehead atoms. The lowest BCUT2D eigenvalue weighted by Gasteiger charge is -2.19.